The molecule has 2 aromatic heterocycles. The Hall–Kier alpha value is -2.97. The van der Waals surface area contributed by atoms with Gasteiger partial charge >= 0.3 is 0 Å². The van der Waals surface area contributed by atoms with Gasteiger partial charge in [0.2, 0.25) is 5.91 Å². The van der Waals surface area contributed by atoms with E-state index in [1.165, 1.54) is 45.2 Å². The largest absolute Gasteiger partial charge is 0.366 e. The molecule has 219 valence electrons. The highest BCUT2D eigenvalue weighted by Crippen LogP contribution is 2.52. The summed E-state index contributed by atoms with van der Waals surface area (Å²) < 4.78 is 2.21. The van der Waals surface area contributed by atoms with Gasteiger partial charge < -0.3 is 19.7 Å². The normalized spacial score (nSPS) is 26.3. The van der Waals surface area contributed by atoms with E-state index in [0.717, 1.165) is 52.2 Å². The molecule has 0 unspecified atom stereocenters. The van der Waals surface area contributed by atoms with Crippen molar-refractivity contribution in [2.24, 2.45) is 0 Å². The van der Waals surface area contributed by atoms with Gasteiger partial charge in [-0.1, -0.05) is 18.6 Å². The Bertz CT molecular complexity index is 1500. The van der Waals surface area contributed by atoms with Crippen molar-refractivity contribution in [2.75, 3.05) is 36.4 Å². The van der Waals surface area contributed by atoms with Gasteiger partial charge in [0.05, 0.1) is 30.0 Å². The van der Waals surface area contributed by atoms with Gasteiger partial charge in [0.1, 0.15) is 5.52 Å². The quantitative estimate of drug-likeness (QED) is 0.427. The Morgan fingerprint density at radius 1 is 1.00 bits per heavy atom. The van der Waals surface area contributed by atoms with Crippen molar-refractivity contribution in [1.82, 2.24) is 24.3 Å². The first-order chi connectivity index (χ1) is 20.4. The molecule has 1 aromatic carbocycles. The Balaban J connectivity index is 1.18. The van der Waals surface area contributed by atoms with E-state index >= 15 is 0 Å². The first-order valence-corrected chi connectivity index (χ1v) is 16.2. The lowest BCUT2D eigenvalue weighted by Crippen LogP contribution is -2.58. The number of rotatable bonds is 6. The number of carbonyl (C=O) groups excluding carboxylic acids is 1. The number of piperidine rings is 2. The number of hydrogen-bond acceptors (Lipinski definition) is 6. The number of pyridine rings is 1. The molecule has 0 bridgehead atoms. The molecule has 5 heterocycles. The first kappa shape index (κ1) is 26.6. The molecule has 3 radical (unpaired) electrons. The average Bonchev–Trinajstić information content (AvgIpc) is 3.63. The van der Waals surface area contributed by atoms with Gasteiger partial charge in [-0.25, -0.2) is 9.97 Å². The van der Waals surface area contributed by atoms with Crippen LogP contribution in [0.15, 0.2) is 30.6 Å². The zero-order chi connectivity index (χ0) is 28.6. The highest BCUT2D eigenvalue weighted by Gasteiger charge is 2.55. The van der Waals surface area contributed by atoms with E-state index in [1.54, 1.807) is 4.90 Å². The molecule has 2 saturated heterocycles. The number of anilines is 2. The predicted molar refractivity (Wildman–Crippen MR) is 165 cm³/mol. The number of aromatic nitrogens is 3. The summed E-state index contributed by atoms with van der Waals surface area (Å²) in [5.74, 6) is 1.17. The number of amides is 1. The minimum Gasteiger partial charge on any atom is -0.366 e. The molecule has 2 saturated carbocycles. The zero-order valence-electron chi connectivity index (χ0n) is 25.0. The van der Waals surface area contributed by atoms with E-state index in [9.17, 15) is 4.79 Å². The number of nitrogens with zero attached hydrogens (tertiary/aromatic N) is 6. The number of fused-ring (bicyclic) bond motifs is 3. The molecular weight excluding hydrogens is 522 g/mol. The van der Waals surface area contributed by atoms with Crippen molar-refractivity contribution in [3.8, 4) is 11.3 Å². The molecule has 42 heavy (non-hydrogen) atoms. The molecule has 3 aromatic rings. The number of benzene rings is 1. The topological polar surface area (TPSA) is 69.5 Å². The van der Waals surface area contributed by atoms with E-state index in [0.29, 0.717) is 44.1 Å². The first-order valence-electron chi connectivity index (χ1n) is 16.2. The van der Waals surface area contributed by atoms with Gasteiger partial charge in [-0.2, -0.15) is 0 Å². The maximum Gasteiger partial charge on any atom is 0.238 e. The minimum absolute atomic E-state index is 0.246. The van der Waals surface area contributed by atoms with E-state index in [1.807, 2.05) is 6.33 Å². The third-order valence-electron chi connectivity index (χ3n) is 10.7. The Morgan fingerprint density at radius 2 is 1.76 bits per heavy atom. The summed E-state index contributed by atoms with van der Waals surface area (Å²) in [6.45, 7) is 8.03. The summed E-state index contributed by atoms with van der Waals surface area (Å²) in [7, 11) is 8.19. The van der Waals surface area contributed by atoms with Crippen LogP contribution >= 0.6 is 0 Å². The van der Waals surface area contributed by atoms with Gasteiger partial charge in [-0.3, -0.25) is 9.69 Å². The fourth-order valence-electron chi connectivity index (χ4n) is 7.96. The van der Waals surface area contributed by atoms with Gasteiger partial charge in [0.25, 0.3) is 0 Å². The van der Waals surface area contributed by atoms with Crippen LogP contribution in [0.5, 0.6) is 0 Å². The van der Waals surface area contributed by atoms with Crippen LogP contribution in [0, 0.1) is 7.05 Å². The SMILES string of the molecule is [C]N1CCC2(CC1)C(=O)N(C1CC(N3CCCCC3)C1)c1cc(-c3cc4ncn(C(C)C)c4c(NC4CC4)n3)ccc12. The van der Waals surface area contributed by atoms with E-state index in [2.05, 4.69) is 57.8 Å². The average molecular weight is 565 g/mol. The lowest BCUT2D eigenvalue weighted by atomic mass is 9.73. The molecule has 8 nitrogen and oxygen atoms in total. The number of likely N-dealkylation sites (tertiary alicyclic amines) is 2. The molecule has 4 fully saturated rings. The molecule has 1 amide bonds. The molecule has 8 rings (SSSR count). The predicted octanol–water partition coefficient (Wildman–Crippen LogP) is 5.50. The van der Waals surface area contributed by atoms with Crippen LogP contribution in [0.1, 0.15) is 83.2 Å². The van der Waals surface area contributed by atoms with Crippen LogP contribution in [-0.4, -0.2) is 74.5 Å². The fourth-order valence-corrected chi connectivity index (χ4v) is 7.96. The van der Waals surface area contributed by atoms with E-state index in [4.69, 9.17) is 17.0 Å². The third kappa shape index (κ3) is 4.28. The van der Waals surface area contributed by atoms with Crippen LogP contribution in [0.2, 0.25) is 0 Å². The zero-order valence-corrected chi connectivity index (χ0v) is 25.0. The fraction of sp³-hybridized carbons (Fsp3) is 0.588. The van der Waals surface area contributed by atoms with Crippen LogP contribution in [0.3, 0.4) is 0 Å². The monoisotopic (exact) mass is 564 g/mol. The van der Waals surface area contributed by atoms with Crippen LogP contribution < -0.4 is 10.2 Å². The second kappa shape index (κ2) is 10.1. The highest BCUT2D eigenvalue weighted by atomic mass is 16.2. The summed E-state index contributed by atoms with van der Waals surface area (Å²) >= 11 is 0. The molecular formula is C34H42N7O. The molecule has 2 aliphatic carbocycles. The number of carbonyl (C=O) groups is 1. The standard InChI is InChI=1S/C34H42N7O/c1-22(2)40-21-35-29-20-28(37-32(31(29)40)36-24-8-9-24)23-7-10-27-30(17-23)41(33(42)34(27)11-15-38(3)16-12-34)26-18-25(19-26)39-13-5-4-6-14-39/h7,10,17,20-22,24-26H,4-6,8-9,11-16,18-19H2,1-2H3,(H,36,37). The molecule has 1 N–H and O–H groups in total. The number of hydrogen-bond donors (Lipinski definition) is 1. The van der Waals surface area contributed by atoms with Gasteiger partial charge in [0.15, 0.2) is 5.82 Å². The molecule has 3 aliphatic heterocycles. The summed E-state index contributed by atoms with van der Waals surface area (Å²) in [5, 5.41) is 3.68. The van der Waals surface area contributed by atoms with Gasteiger partial charge in [-0.05, 0) is 96.0 Å². The van der Waals surface area contributed by atoms with Gasteiger partial charge in [-0.15, -0.1) is 0 Å². The number of imidazole rings is 1. The van der Waals surface area contributed by atoms with Gasteiger partial charge in [0, 0.05) is 48.5 Å². The Morgan fingerprint density at radius 3 is 2.48 bits per heavy atom. The van der Waals surface area contributed by atoms with Crippen molar-refractivity contribution in [2.45, 2.75) is 101 Å². The molecule has 5 aliphatic rings. The highest BCUT2D eigenvalue weighted by molar-refractivity contribution is 6.09. The maximum absolute atomic E-state index is 14.4. The summed E-state index contributed by atoms with van der Waals surface area (Å²) in [6.07, 6.45) is 11.8. The van der Waals surface area contributed by atoms with E-state index < -0.39 is 5.41 Å². The molecule has 8 heteroatoms. The Labute approximate surface area is 249 Å². The minimum atomic E-state index is -0.506. The maximum atomic E-state index is 14.4. The third-order valence-corrected chi connectivity index (χ3v) is 10.7. The summed E-state index contributed by atoms with van der Waals surface area (Å²) in [6, 6.07) is 10.3. The summed E-state index contributed by atoms with van der Waals surface area (Å²) in [5.41, 5.74) is 5.68. The Kier molecular flexibility index (Phi) is 6.38. The van der Waals surface area contributed by atoms with Crippen molar-refractivity contribution in [3.63, 3.8) is 0 Å². The summed E-state index contributed by atoms with van der Waals surface area (Å²) in [4.78, 5) is 30.9. The van der Waals surface area contributed by atoms with Crippen LogP contribution in [0.4, 0.5) is 11.5 Å². The van der Waals surface area contributed by atoms with Crippen molar-refractivity contribution in [3.05, 3.63) is 43.2 Å². The lowest BCUT2D eigenvalue weighted by molar-refractivity contribution is -0.125. The van der Waals surface area contributed by atoms with Crippen LogP contribution in [-0.2, 0) is 10.2 Å². The smallest absolute Gasteiger partial charge is 0.238 e. The van der Waals surface area contributed by atoms with Crippen LogP contribution in [0.25, 0.3) is 22.3 Å². The van der Waals surface area contributed by atoms with Crippen molar-refractivity contribution < 1.29 is 4.79 Å². The molecule has 1 spiro atoms. The second-order valence-corrected chi connectivity index (χ2v) is 13.7. The lowest BCUT2D eigenvalue weighted by Gasteiger charge is -2.48. The van der Waals surface area contributed by atoms with E-state index in [-0.39, 0.29) is 11.9 Å². The van der Waals surface area contributed by atoms with Crippen molar-refractivity contribution >= 4 is 28.4 Å². The second-order valence-electron chi connectivity index (χ2n) is 13.7. The molecule has 0 atom stereocenters. The number of nitrogens with one attached hydrogen (secondary N) is 1. The van der Waals surface area contributed by atoms with Crippen molar-refractivity contribution in [1.29, 1.82) is 0 Å².